The van der Waals surface area contributed by atoms with E-state index < -0.39 is 5.60 Å². The molecule has 0 aliphatic rings. The molecule has 2 N–H and O–H groups in total. The Kier molecular flexibility index (Phi) is 10.0. The highest BCUT2D eigenvalue weighted by Gasteiger charge is 2.24. The molecule has 0 saturated carbocycles. The molecule has 0 aromatic carbocycles. The first kappa shape index (κ1) is 15.9. The van der Waals surface area contributed by atoms with Crippen LogP contribution in [-0.4, -0.2) is 22.4 Å². The van der Waals surface area contributed by atoms with Crippen molar-refractivity contribution in [2.24, 2.45) is 0 Å². The predicted octanol–water partition coefficient (Wildman–Crippen LogP) is 3.65. The molecule has 16 heavy (non-hydrogen) atoms. The summed E-state index contributed by atoms with van der Waals surface area (Å²) in [7, 11) is 0. The minimum Gasteiger partial charge on any atom is -0.396 e. The van der Waals surface area contributed by atoms with E-state index in [4.69, 9.17) is 5.11 Å². The van der Waals surface area contributed by atoms with Crippen LogP contribution in [0, 0.1) is 0 Å². The Morgan fingerprint density at radius 1 is 0.750 bits per heavy atom. The summed E-state index contributed by atoms with van der Waals surface area (Å²) in [5.74, 6) is 0. The zero-order valence-corrected chi connectivity index (χ0v) is 11.2. The van der Waals surface area contributed by atoms with Crippen molar-refractivity contribution in [3.8, 4) is 0 Å². The van der Waals surface area contributed by atoms with Crippen LogP contribution in [0.25, 0.3) is 0 Å². The van der Waals surface area contributed by atoms with Crippen molar-refractivity contribution in [2.45, 2.75) is 83.7 Å². The van der Waals surface area contributed by atoms with E-state index in [1.807, 2.05) is 0 Å². The fourth-order valence-electron chi connectivity index (χ4n) is 2.13. The third kappa shape index (κ3) is 8.12. The molecule has 0 radical (unpaired) electrons. The van der Waals surface area contributed by atoms with Crippen LogP contribution < -0.4 is 0 Å². The fraction of sp³-hybridized carbons (Fsp3) is 1.00. The maximum Gasteiger partial charge on any atom is 0.0647 e. The summed E-state index contributed by atoms with van der Waals surface area (Å²) in [4.78, 5) is 0. The number of unbranched alkanes of at least 4 members (excludes halogenated alkanes) is 4. The van der Waals surface area contributed by atoms with Gasteiger partial charge in [0, 0.05) is 6.61 Å². The molecule has 0 heterocycles. The van der Waals surface area contributed by atoms with Crippen molar-refractivity contribution in [1.29, 1.82) is 0 Å². The van der Waals surface area contributed by atoms with E-state index >= 15 is 0 Å². The second kappa shape index (κ2) is 10.1. The Bertz CT molecular complexity index is 138. The lowest BCUT2D eigenvalue weighted by Gasteiger charge is -2.28. The highest BCUT2D eigenvalue weighted by atomic mass is 16.3. The Balaban J connectivity index is 3.86. The molecule has 0 aliphatic carbocycles. The minimum atomic E-state index is -0.429. The Morgan fingerprint density at radius 2 is 1.25 bits per heavy atom. The van der Waals surface area contributed by atoms with Crippen LogP contribution in [0.4, 0.5) is 0 Å². The minimum absolute atomic E-state index is 0.280. The number of hydrogen-bond acceptors (Lipinski definition) is 2. The van der Waals surface area contributed by atoms with Gasteiger partial charge in [-0.05, 0) is 25.7 Å². The maximum absolute atomic E-state index is 10.5. The quantitative estimate of drug-likeness (QED) is 0.532. The standard InChI is InChI=1S/C14H30O2/c1-3-5-10-14(16,11-6-4-2)12-8-7-9-13-15/h15-16H,3-13H2,1-2H3. The maximum atomic E-state index is 10.5. The molecule has 0 spiro atoms. The van der Waals surface area contributed by atoms with Crippen LogP contribution in [0.1, 0.15) is 78.1 Å². The third-order valence-electron chi connectivity index (χ3n) is 3.29. The molecule has 0 fully saturated rings. The monoisotopic (exact) mass is 230 g/mol. The Hall–Kier alpha value is -0.0800. The molecule has 0 saturated heterocycles. The zero-order chi connectivity index (χ0) is 12.3. The summed E-state index contributed by atoms with van der Waals surface area (Å²) in [5, 5.41) is 19.2. The van der Waals surface area contributed by atoms with E-state index in [-0.39, 0.29) is 6.61 Å². The topological polar surface area (TPSA) is 40.5 Å². The van der Waals surface area contributed by atoms with Crippen molar-refractivity contribution >= 4 is 0 Å². The van der Waals surface area contributed by atoms with Gasteiger partial charge < -0.3 is 10.2 Å². The molecule has 0 unspecified atom stereocenters. The number of hydrogen-bond donors (Lipinski definition) is 2. The van der Waals surface area contributed by atoms with Gasteiger partial charge in [-0.1, -0.05) is 52.4 Å². The van der Waals surface area contributed by atoms with Crippen molar-refractivity contribution in [3.05, 3.63) is 0 Å². The van der Waals surface area contributed by atoms with Crippen LogP contribution >= 0.6 is 0 Å². The lowest BCUT2D eigenvalue weighted by molar-refractivity contribution is 0.00766. The van der Waals surface area contributed by atoms with Gasteiger partial charge >= 0.3 is 0 Å². The van der Waals surface area contributed by atoms with E-state index in [1.54, 1.807) is 0 Å². The summed E-state index contributed by atoms with van der Waals surface area (Å²) in [6.07, 6.45) is 10.3. The highest BCUT2D eigenvalue weighted by Crippen LogP contribution is 2.27. The Morgan fingerprint density at radius 3 is 1.69 bits per heavy atom. The van der Waals surface area contributed by atoms with Gasteiger partial charge in [-0.15, -0.1) is 0 Å². The van der Waals surface area contributed by atoms with Gasteiger partial charge in [0.25, 0.3) is 0 Å². The number of rotatable bonds is 11. The SMILES string of the molecule is CCCCC(O)(CCCC)CCCCCO. The van der Waals surface area contributed by atoms with E-state index in [2.05, 4.69) is 13.8 Å². The number of aliphatic hydroxyl groups excluding tert-OH is 1. The van der Waals surface area contributed by atoms with E-state index in [0.29, 0.717) is 0 Å². The van der Waals surface area contributed by atoms with Crippen LogP contribution in [0.3, 0.4) is 0 Å². The van der Waals surface area contributed by atoms with E-state index in [0.717, 1.165) is 64.2 Å². The second-order valence-corrected chi connectivity index (χ2v) is 4.97. The molecule has 2 heteroatoms. The van der Waals surface area contributed by atoms with Crippen LogP contribution in [-0.2, 0) is 0 Å². The Labute approximate surface area is 101 Å². The van der Waals surface area contributed by atoms with Gasteiger partial charge in [0.2, 0.25) is 0 Å². The normalized spacial score (nSPS) is 12.0. The van der Waals surface area contributed by atoms with Crippen molar-refractivity contribution in [2.75, 3.05) is 6.61 Å². The van der Waals surface area contributed by atoms with Crippen LogP contribution in [0.15, 0.2) is 0 Å². The third-order valence-corrected chi connectivity index (χ3v) is 3.29. The number of aliphatic hydroxyl groups is 2. The summed E-state index contributed by atoms with van der Waals surface area (Å²) in [6.45, 7) is 4.63. The van der Waals surface area contributed by atoms with Gasteiger partial charge in [-0.2, -0.15) is 0 Å². The fourth-order valence-corrected chi connectivity index (χ4v) is 2.13. The van der Waals surface area contributed by atoms with Gasteiger partial charge in [0.15, 0.2) is 0 Å². The van der Waals surface area contributed by atoms with Gasteiger partial charge in [-0.3, -0.25) is 0 Å². The summed E-state index contributed by atoms with van der Waals surface area (Å²) in [6, 6.07) is 0. The first-order chi connectivity index (χ1) is 7.68. The summed E-state index contributed by atoms with van der Waals surface area (Å²) < 4.78 is 0. The van der Waals surface area contributed by atoms with Gasteiger partial charge in [0.1, 0.15) is 0 Å². The average molecular weight is 230 g/mol. The van der Waals surface area contributed by atoms with Gasteiger partial charge in [0.05, 0.1) is 5.60 Å². The van der Waals surface area contributed by atoms with Crippen molar-refractivity contribution < 1.29 is 10.2 Å². The second-order valence-electron chi connectivity index (χ2n) is 4.97. The predicted molar refractivity (Wildman–Crippen MR) is 69.6 cm³/mol. The molecule has 0 bridgehead atoms. The van der Waals surface area contributed by atoms with E-state index in [9.17, 15) is 5.11 Å². The molecular formula is C14H30O2. The first-order valence-electron chi connectivity index (χ1n) is 7.01. The summed E-state index contributed by atoms with van der Waals surface area (Å²) in [5.41, 5.74) is -0.429. The first-order valence-corrected chi connectivity index (χ1v) is 7.01. The molecule has 98 valence electrons. The molecular weight excluding hydrogens is 200 g/mol. The van der Waals surface area contributed by atoms with Crippen LogP contribution in [0.2, 0.25) is 0 Å². The zero-order valence-electron chi connectivity index (χ0n) is 11.2. The molecule has 0 aliphatic heterocycles. The van der Waals surface area contributed by atoms with Crippen molar-refractivity contribution in [3.63, 3.8) is 0 Å². The molecule has 0 amide bonds. The van der Waals surface area contributed by atoms with E-state index in [1.165, 1.54) is 0 Å². The molecule has 0 aromatic heterocycles. The average Bonchev–Trinajstić information content (AvgIpc) is 2.30. The molecule has 2 nitrogen and oxygen atoms in total. The lowest BCUT2D eigenvalue weighted by atomic mass is 9.86. The smallest absolute Gasteiger partial charge is 0.0647 e. The molecule has 0 atom stereocenters. The summed E-state index contributed by atoms with van der Waals surface area (Å²) >= 11 is 0. The van der Waals surface area contributed by atoms with Gasteiger partial charge in [-0.25, -0.2) is 0 Å². The van der Waals surface area contributed by atoms with Crippen LogP contribution in [0.5, 0.6) is 0 Å². The molecule has 0 aromatic rings. The van der Waals surface area contributed by atoms with Crippen molar-refractivity contribution in [1.82, 2.24) is 0 Å². The highest BCUT2D eigenvalue weighted by molar-refractivity contribution is 4.78. The largest absolute Gasteiger partial charge is 0.396 e. The molecule has 0 rings (SSSR count). The lowest BCUT2D eigenvalue weighted by Crippen LogP contribution is -2.28.